The maximum atomic E-state index is 11.7. The number of hydrogen-bond donors (Lipinski definition) is 0. The molecule has 0 aliphatic rings. The van der Waals surface area contributed by atoms with E-state index in [-0.39, 0.29) is 5.76 Å². The van der Waals surface area contributed by atoms with Crippen molar-refractivity contribution in [2.75, 3.05) is 7.11 Å². The Hall–Kier alpha value is -2.55. The van der Waals surface area contributed by atoms with Gasteiger partial charge in [-0.3, -0.25) is 0 Å². The van der Waals surface area contributed by atoms with Crippen molar-refractivity contribution in [1.29, 1.82) is 0 Å². The van der Waals surface area contributed by atoms with Gasteiger partial charge in [-0.05, 0) is 23.8 Å². The molecule has 3 heteroatoms. The zero-order valence-electron chi connectivity index (χ0n) is 10.6. The van der Waals surface area contributed by atoms with Gasteiger partial charge >= 0.3 is 5.97 Å². The molecule has 0 aromatic heterocycles. The van der Waals surface area contributed by atoms with Gasteiger partial charge in [-0.2, -0.15) is 0 Å². The fourth-order valence-corrected chi connectivity index (χ4v) is 1.55. The van der Waals surface area contributed by atoms with Gasteiger partial charge in [0.25, 0.3) is 0 Å². The highest BCUT2D eigenvalue weighted by atomic mass is 16.6. The highest BCUT2D eigenvalue weighted by Crippen LogP contribution is 2.16. The number of methoxy groups -OCH3 is 1. The molecule has 2 aromatic rings. The van der Waals surface area contributed by atoms with Crippen molar-refractivity contribution in [3.8, 4) is 5.75 Å². The molecule has 0 saturated carbocycles. The molecule has 0 aliphatic heterocycles. The molecule has 2 rings (SSSR count). The minimum Gasteiger partial charge on any atom is -0.463 e. The summed E-state index contributed by atoms with van der Waals surface area (Å²) in [5.74, 6) is 0.239. The smallest absolute Gasteiger partial charge is 0.373 e. The molecular formula is C16H14O3. The molecule has 0 fully saturated rings. The number of esters is 1. The van der Waals surface area contributed by atoms with E-state index < -0.39 is 5.97 Å². The van der Waals surface area contributed by atoms with E-state index in [1.165, 1.54) is 7.11 Å². The Morgan fingerprint density at radius 1 is 0.947 bits per heavy atom. The van der Waals surface area contributed by atoms with Crippen LogP contribution in [0.25, 0.3) is 6.08 Å². The van der Waals surface area contributed by atoms with Crippen molar-refractivity contribution in [1.82, 2.24) is 0 Å². The van der Waals surface area contributed by atoms with E-state index in [9.17, 15) is 4.79 Å². The molecule has 0 aliphatic carbocycles. The lowest BCUT2D eigenvalue weighted by molar-refractivity contribution is -0.138. The van der Waals surface area contributed by atoms with Gasteiger partial charge in [-0.15, -0.1) is 0 Å². The van der Waals surface area contributed by atoms with Crippen LogP contribution in [0.2, 0.25) is 0 Å². The van der Waals surface area contributed by atoms with E-state index in [4.69, 9.17) is 9.47 Å². The summed E-state index contributed by atoms with van der Waals surface area (Å²) >= 11 is 0. The van der Waals surface area contributed by atoms with Crippen LogP contribution in [0.4, 0.5) is 0 Å². The molecule has 3 nitrogen and oxygen atoms in total. The van der Waals surface area contributed by atoms with Crippen LogP contribution >= 0.6 is 0 Å². The van der Waals surface area contributed by atoms with Gasteiger partial charge in [0.2, 0.25) is 5.76 Å². The average molecular weight is 254 g/mol. The maximum absolute atomic E-state index is 11.7. The molecule has 0 atom stereocenters. The van der Waals surface area contributed by atoms with E-state index in [2.05, 4.69) is 0 Å². The number of hydrogen-bond acceptors (Lipinski definition) is 3. The molecule has 0 N–H and O–H groups in total. The lowest BCUT2D eigenvalue weighted by Crippen LogP contribution is -2.10. The predicted molar refractivity (Wildman–Crippen MR) is 73.5 cm³/mol. The second-order valence-electron chi connectivity index (χ2n) is 3.83. The Morgan fingerprint density at radius 3 is 2.11 bits per heavy atom. The van der Waals surface area contributed by atoms with Gasteiger partial charge in [-0.1, -0.05) is 48.5 Å². The summed E-state index contributed by atoms with van der Waals surface area (Å²) in [6.45, 7) is 0. The number of ether oxygens (including phenoxy) is 2. The third kappa shape index (κ3) is 3.71. The predicted octanol–water partition coefficient (Wildman–Crippen LogP) is 3.28. The molecule has 0 spiro atoms. The van der Waals surface area contributed by atoms with Crippen LogP contribution in [-0.2, 0) is 9.53 Å². The van der Waals surface area contributed by atoms with Crippen LogP contribution in [0, 0.1) is 0 Å². The van der Waals surface area contributed by atoms with Crippen molar-refractivity contribution >= 4 is 12.0 Å². The fourth-order valence-electron chi connectivity index (χ4n) is 1.55. The van der Waals surface area contributed by atoms with Crippen LogP contribution in [0.3, 0.4) is 0 Å². The van der Waals surface area contributed by atoms with Crippen LogP contribution in [0.5, 0.6) is 5.75 Å². The second-order valence-corrected chi connectivity index (χ2v) is 3.83. The number of carbonyl (C=O) groups is 1. The van der Waals surface area contributed by atoms with Crippen molar-refractivity contribution in [2.24, 2.45) is 0 Å². The summed E-state index contributed by atoms with van der Waals surface area (Å²) in [6.07, 6.45) is 1.65. The minimum atomic E-state index is -0.507. The highest BCUT2D eigenvalue weighted by Gasteiger charge is 2.12. The second kappa shape index (κ2) is 6.40. The van der Waals surface area contributed by atoms with Gasteiger partial charge in [0.05, 0.1) is 7.11 Å². The van der Waals surface area contributed by atoms with E-state index >= 15 is 0 Å². The Kier molecular flexibility index (Phi) is 4.34. The summed E-state index contributed by atoms with van der Waals surface area (Å²) in [5.41, 5.74) is 0.874. The largest absolute Gasteiger partial charge is 0.463 e. The number of carbonyl (C=O) groups excluding carboxylic acids is 1. The first-order valence-corrected chi connectivity index (χ1v) is 5.87. The first kappa shape index (κ1) is 12.9. The minimum absolute atomic E-state index is 0.153. The van der Waals surface area contributed by atoms with Crippen LogP contribution < -0.4 is 4.74 Å². The first-order chi connectivity index (χ1) is 9.29. The summed E-state index contributed by atoms with van der Waals surface area (Å²) in [4.78, 5) is 11.7. The summed E-state index contributed by atoms with van der Waals surface area (Å²) in [6, 6.07) is 18.6. The third-order valence-electron chi connectivity index (χ3n) is 2.45. The van der Waals surface area contributed by atoms with Gasteiger partial charge in [0.1, 0.15) is 5.75 Å². The Bertz CT molecular complexity index is 559. The van der Waals surface area contributed by atoms with Gasteiger partial charge < -0.3 is 9.47 Å². The summed E-state index contributed by atoms with van der Waals surface area (Å²) in [5, 5.41) is 0. The molecule has 0 heterocycles. The molecule has 19 heavy (non-hydrogen) atoms. The van der Waals surface area contributed by atoms with Crippen molar-refractivity contribution in [2.45, 2.75) is 0 Å². The lowest BCUT2D eigenvalue weighted by Gasteiger charge is -2.08. The van der Waals surface area contributed by atoms with Gasteiger partial charge in [0.15, 0.2) is 0 Å². The van der Waals surface area contributed by atoms with Gasteiger partial charge in [0, 0.05) is 0 Å². The molecule has 0 amide bonds. The SMILES string of the molecule is COC(=O)/C(=C/c1ccccc1)Oc1ccccc1. The van der Waals surface area contributed by atoms with Crippen LogP contribution in [-0.4, -0.2) is 13.1 Å². The van der Waals surface area contributed by atoms with Gasteiger partial charge in [-0.25, -0.2) is 4.79 Å². The summed E-state index contributed by atoms with van der Waals surface area (Å²) < 4.78 is 10.3. The maximum Gasteiger partial charge on any atom is 0.373 e. The molecular weight excluding hydrogens is 240 g/mol. The van der Waals surface area contributed by atoms with E-state index in [1.54, 1.807) is 18.2 Å². The highest BCUT2D eigenvalue weighted by molar-refractivity contribution is 5.91. The third-order valence-corrected chi connectivity index (χ3v) is 2.45. The topological polar surface area (TPSA) is 35.5 Å². The average Bonchev–Trinajstić information content (AvgIpc) is 2.48. The molecule has 96 valence electrons. The van der Waals surface area contributed by atoms with Crippen LogP contribution in [0.15, 0.2) is 66.4 Å². The number of rotatable bonds is 4. The Morgan fingerprint density at radius 2 is 1.53 bits per heavy atom. The molecule has 2 aromatic carbocycles. The molecule has 0 radical (unpaired) electrons. The van der Waals surface area contributed by atoms with Crippen molar-refractivity contribution in [3.05, 3.63) is 72.0 Å². The van der Waals surface area contributed by atoms with E-state index in [0.29, 0.717) is 5.75 Å². The lowest BCUT2D eigenvalue weighted by atomic mass is 10.2. The molecule has 0 unspecified atom stereocenters. The van der Waals surface area contributed by atoms with E-state index in [0.717, 1.165) is 5.56 Å². The van der Waals surface area contributed by atoms with Crippen LogP contribution in [0.1, 0.15) is 5.56 Å². The molecule has 0 bridgehead atoms. The monoisotopic (exact) mass is 254 g/mol. The standard InChI is InChI=1S/C16H14O3/c1-18-16(17)15(12-13-8-4-2-5-9-13)19-14-10-6-3-7-11-14/h2-12H,1H3/b15-12-. The zero-order chi connectivity index (χ0) is 13.5. The number of para-hydroxylation sites is 1. The Labute approximate surface area is 112 Å². The number of benzene rings is 2. The zero-order valence-corrected chi connectivity index (χ0v) is 10.6. The normalized spacial score (nSPS) is 10.9. The molecule has 0 saturated heterocycles. The van der Waals surface area contributed by atoms with Crippen molar-refractivity contribution < 1.29 is 14.3 Å². The van der Waals surface area contributed by atoms with Crippen molar-refractivity contribution in [3.63, 3.8) is 0 Å². The first-order valence-electron chi connectivity index (χ1n) is 5.87. The van der Waals surface area contributed by atoms with E-state index in [1.807, 2.05) is 48.5 Å². The quantitative estimate of drug-likeness (QED) is 0.477. The summed E-state index contributed by atoms with van der Waals surface area (Å²) in [7, 11) is 1.33. The Balaban J connectivity index is 2.27. The fraction of sp³-hybridized carbons (Fsp3) is 0.0625.